The van der Waals surface area contributed by atoms with Crippen LogP contribution in [0.3, 0.4) is 0 Å². The van der Waals surface area contributed by atoms with Gasteiger partial charge in [0.25, 0.3) is 0 Å². The Morgan fingerprint density at radius 3 is 1.92 bits per heavy atom. The number of rotatable bonds is 4. The molecule has 0 atom stereocenters. The maximum Gasteiger partial charge on any atom is 0.204 e. The summed E-state index contributed by atoms with van der Waals surface area (Å²) in [5, 5.41) is 1.26. The van der Waals surface area contributed by atoms with Gasteiger partial charge in [-0.2, -0.15) is 0 Å². The Labute approximate surface area is 151 Å². The van der Waals surface area contributed by atoms with Gasteiger partial charge in [0.1, 0.15) is 0 Å². The Bertz CT molecular complexity index is 732. The predicted octanol–water partition coefficient (Wildman–Crippen LogP) is 5.26. The van der Waals surface area contributed by atoms with Gasteiger partial charge in [0, 0.05) is 15.5 Å². The zero-order chi connectivity index (χ0) is 17.7. The molecule has 0 saturated heterocycles. The number of hydrogen-bond acceptors (Lipinski definition) is 3. The van der Waals surface area contributed by atoms with Crippen LogP contribution in [0.15, 0.2) is 53.5 Å². The van der Waals surface area contributed by atoms with Gasteiger partial charge in [0.2, 0.25) is 5.78 Å². The van der Waals surface area contributed by atoms with Crippen LogP contribution in [0.25, 0.3) is 0 Å². The minimum Gasteiger partial charge on any atom is -0.300 e. The van der Waals surface area contributed by atoms with Crippen molar-refractivity contribution in [3.8, 4) is 0 Å². The van der Waals surface area contributed by atoms with Crippen LogP contribution in [-0.2, 0) is 4.79 Å². The summed E-state index contributed by atoms with van der Waals surface area (Å²) in [4.78, 5) is 17.0. The largest absolute Gasteiger partial charge is 0.300 e. The molecule has 6 heteroatoms. The van der Waals surface area contributed by atoms with E-state index in [4.69, 9.17) is 23.2 Å². The fraction of sp³-hybridized carbons (Fsp3) is 0.222. The van der Waals surface area contributed by atoms with E-state index in [1.54, 1.807) is 48.5 Å². The molecule has 0 aromatic heterocycles. The highest BCUT2D eigenvalue weighted by molar-refractivity contribution is 6.41. The minimum atomic E-state index is -0.570. The number of hydrazine groups is 1. The second-order valence-corrected chi connectivity index (χ2v) is 7.15. The van der Waals surface area contributed by atoms with Crippen LogP contribution in [0.4, 0.5) is 11.4 Å². The molecule has 0 heterocycles. The Kier molecular flexibility index (Phi) is 5.86. The lowest BCUT2D eigenvalue weighted by Gasteiger charge is -2.19. The van der Waals surface area contributed by atoms with Crippen LogP contribution in [0.2, 0.25) is 10.0 Å². The van der Waals surface area contributed by atoms with Crippen molar-refractivity contribution >= 4 is 46.2 Å². The standard InChI is InChI=1S/C18H19Cl2N3O/c1-18(2,3)16(24)17(21-14-8-4-12(19)5-9-14)23-22-15-10-6-13(20)7-11-15/h4-11,22H,1-3H3,(H,21,23). The van der Waals surface area contributed by atoms with Crippen LogP contribution < -0.4 is 10.9 Å². The lowest BCUT2D eigenvalue weighted by atomic mass is 9.90. The summed E-state index contributed by atoms with van der Waals surface area (Å²) in [5.41, 5.74) is 6.70. The second-order valence-electron chi connectivity index (χ2n) is 6.27. The molecular formula is C18H19Cl2N3O. The second kappa shape index (κ2) is 7.69. The highest BCUT2D eigenvalue weighted by Gasteiger charge is 2.26. The van der Waals surface area contributed by atoms with Gasteiger partial charge in [-0.1, -0.05) is 44.0 Å². The number of ketones is 1. The minimum absolute atomic E-state index is 0.112. The van der Waals surface area contributed by atoms with Crippen molar-refractivity contribution in [2.24, 2.45) is 10.4 Å². The van der Waals surface area contributed by atoms with E-state index >= 15 is 0 Å². The Morgan fingerprint density at radius 2 is 1.42 bits per heavy atom. The van der Waals surface area contributed by atoms with Gasteiger partial charge in [-0.05, 0) is 48.5 Å². The summed E-state index contributed by atoms with van der Waals surface area (Å²) in [6.07, 6.45) is 0. The lowest BCUT2D eigenvalue weighted by Crippen LogP contribution is -2.41. The fourth-order valence-electron chi connectivity index (χ4n) is 1.80. The van der Waals surface area contributed by atoms with Crippen LogP contribution in [0.5, 0.6) is 0 Å². The third kappa shape index (κ3) is 5.25. The van der Waals surface area contributed by atoms with Crippen molar-refractivity contribution in [2.75, 3.05) is 5.43 Å². The summed E-state index contributed by atoms with van der Waals surface area (Å²) in [6, 6.07) is 14.1. The molecular weight excluding hydrogens is 345 g/mol. The van der Waals surface area contributed by atoms with E-state index in [-0.39, 0.29) is 11.6 Å². The smallest absolute Gasteiger partial charge is 0.204 e. The summed E-state index contributed by atoms with van der Waals surface area (Å²) in [7, 11) is 0. The molecule has 2 aromatic carbocycles. The molecule has 4 nitrogen and oxygen atoms in total. The average molecular weight is 364 g/mol. The van der Waals surface area contributed by atoms with Crippen molar-refractivity contribution in [2.45, 2.75) is 20.8 Å². The molecule has 126 valence electrons. The molecule has 24 heavy (non-hydrogen) atoms. The first-order valence-corrected chi connectivity index (χ1v) is 8.18. The number of aliphatic imine (C=N–C) groups is 1. The number of benzene rings is 2. The number of nitrogens with zero attached hydrogens (tertiary/aromatic N) is 1. The Morgan fingerprint density at radius 1 is 0.917 bits per heavy atom. The van der Waals surface area contributed by atoms with Gasteiger partial charge >= 0.3 is 0 Å². The first kappa shape index (κ1) is 18.3. The van der Waals surface area contributed by atoms with E-state index in [1.165, 1.54) is 0 Å². The van der Waals surface area contributed by atoms with Gasteiger partial charge in [-0.3, -0.25) is 15.6 Å². The fourth-order valence-corrected chi connectivity index (χ4v) is 2.05. The SMILES string of the molecule is CC(C)(C)C(=O)C(=Nc1ccc(Cl)cc1)NNc1ccc(Cl)cc1. The van der Waals surface area contributed by atoms with Gasteiger partial charge in [-0.15, -0.1) is 0 Å². The van der Waals surface area contributed by atoms with Gasteiger partial charge in [0.15, 0.2) is 5.84 Å². The molecule has 0 aliphatic carbocycles. The van der Waals surface area contributed by atoms with Crippen LogP contribution in [-0.4, -0.2) is 11.6 Å². The number of carbonyl (C=O) groups excluding carboxylic acids is 1. The molecule has 2 rings (SSSR count). The molecule has 0 saturated carbocycles. The third-order valence-corrected chi connectivity index (χ3v) is 3.64. The van der Waals surface area contributed by atoms with Crippen LogP contribution >= 0.6 is 23.2 Å². The van der Waals surface area contributed by atoms with Crippen molar-refractivity contribution < 1.29 is 4.79 Å². The highest BCUT2D eigenvalue weighted by atomic mass is 35.5. The van der Waals surface area contributed by atoms with Crippen molar-refractivity contribution in [1.29, 1.82) is 0 Å². The third-order valence-electron chi connectivity index (χ3n) is 3.13. The van der Waals surface area contributed by atoms with Crippen LogP contribution in [0.1, 0.15) is 20.8 Å². The number of halogens is 2. The molecule has 0 aliphatic heterocycles. The monoisotopic (exact) mass is 363 g/mol. The Balaban J connectivity index is 2.24. The van der Waals surface area contributed by atoms with Crippen LogP contribution in [0, 0.1) is 5.41 Å². The topological polar surface area (TPSA) is 53.5 Å². The predicted molar refractivity (Wildman–Crippen MR) is 101 cm³/mol. The summed E-state index contributed by atoms with van der Waals surface area (Å²) >= 11 is 11.8. The molecule has 0 amide bonds. The average Bonchev–Trinajstić information content (AvgIpc) is 2.53. The number of hydrogen-bond donors (Lipinski definition) is 2. The molecule has 0 radical (unpaired) electrons. The first-order chi connectivity index (χ1) is 11.3. The van der Waals surface area contributed by atoms with E-state index in [9.17, 15) is 4.79 Å². The molecule has 0 bridgehead atoms. The van der Waals surface area contributed by atoms with E-state index in [2.05, 4.69) is 15.8 Å². The van der Waals surface area contributed by atoms with Gasteiger partial charge in [0.05, 0.1) is 11.4 Å². The van der Waals surface area contributed by atoms with E-state index in [0.29, 0.717) is 15.7 Å². The first-order valence-electron chi connectivity index (χ1n) is 7.42. The van der Waals surface area contributed by atoms with E-state index in [1.807, 2.05) is 20.8 Å². The number of amidine groups is 1. The summed E-state index contributed by atoms with van der Waals surface area (Å²) < 4.78 is 0. The quantitative estimate of drug-likeness (QED) is 0.442. The zero-order valence-corrected chi connectivity index (χ0v) is 15.2. The Hall–Kier alpha value is -2.04. The van der Waals surface area contributed by atoms with E-state index in [0.717, 1.165) is 5.69 Å². The normalized spacial score (nSPS) is 12.0. The summed E-state index contributed by atoms with van der Waals surface area (Å²) in [5.74, 6) is 0.110. The van der Waals surface area contributed by atoms with Crippen molar-refractivity contribution in [3.63, 3.8) is 0 Å². The maximum atomic E-state index is 12.6. The lowest BCUT2D eigenvalue weighted by molar-refractivity contribution is -0.119. The molecule has 0 fully saturated rings. The number of anilines is 1. The maximum absolute atomic E-state index is 12.6. The molecule has 0 aliphatic rings. The number of nitrogens with one attached hydrogen (secondary N) is 2. The molecule has 0 unspecified atom stereocenters. The van der Waals surface area contributed by atoms with E-state index < -0.39 is 5.41 Å². The number of carbonyl (C=O) groups is 1. The van der Waals surface area contributed by atoms with Crippen molar-refractivity contribution in [1.82, 2.24) is 5.43 Å². The highest BCUT2D eigenvalue weighted by Crippen LogP contribution is 2.20. The zero-order valence-electron chi connectivity index (χ0n) is 13.7. The van der Waals surface area contributed by atoms with Crippen molar-refractivity contribution in [3.05, 3.63) is 58.6 Å². The summed E-state index contributed by atoms with van der Waals surface area (Å²) in [6.45, 7) is 5.53. The number of Topliss-reactive ketones (excluding diaryl/α,β-unsaturated/α-hetero) is 1. The van der Waals surface area contributed by atoms with Gasteiger partial charge in [-0.25, -0.2) is 4.99 Å². The molecule has 0 spiro atoms. The van der Waals surface area contributed by atoms with Gasteiger partial charge < -0.3 is 0 Å². The molecule has 2 aromatic rings. The molecule has 2 N–H and O–H groups in total.